The van der Waals surface area contributed by atoms with Crippen molar-refractivity contribution in [2.75, 3.05) is 26.2 Å². The van der Waals surface area contributed by atoms with E-state index in [1.807, 2.05) is 29.2 Å². The number of nitrogens with zero attached hydrogens (tertiary/aromatic N) is 1. The summed E-state index contributed by atoms with van der Waals surface area (Å²) in [5.41, 5.74) is 2.58. The van der Waals surface area contributed by atoms with Gasteiger partial charge in [-0.3, -0.25) is 9.69 Å². The average Bonchev–Trinajstić information content (AvgIpc) is 2.90. The highest BCUT2D eigenvalue weighted by atomic mass is 16.5. The first-order valence-electron chi connectivity index (χ1n) is 11.8. The second kappa shape index (κ2) is 10.2. The van der Waals surface area contributed by atoms with Gasteiger partial charge in [0.1, 0.15) is 22.9 Å². The van der Waals surface area contributed by atoms with Crippen LogP contribution in [0, 0.1) is 5.41 Å². The molecule has 0 spiro atoms. The Bertz CT molecular complexity index is 1090. The molecule has 0 bridgehead atoms. The number of benzene rings is 3. The maximum absolute atomic E-state index is 14.0. The minimum absolute atomic E-state index is 0.110. The van der Waals surface area contributed by atoms with Gasteiger partial charge in [-0.25, -0.2) is 0 Å². The Balaban J connectivity index is 1.74. The largest absolute Gasteiger partial charge is 0.496 e. The molecular formula is C29H33NO4. The number of anilines is 1. The highest BCUT2D eigenvalue weighted by molar-refractivity contribution is 6.08. The Labute approximate surface area is 202 Å². The van der Waals surface area contributed by atoms with E-state index < -0.39 is 5.41 Å². The van der Waals surface area contributed by atoms with E-state index in [0.717, 1.165) is 31.2 Å². The predicted octanol–water partition coefficient (Wildman–Crippen LogP) is 6.22. The van der Waals surface area contributed by atoms with Gasteiger partial charge in [-0.1, -0.05) is 67.6 Å². The third-order valence-electron chi connectivity index (χ3n) is 7.03. The summed E-state index contributed by atoms with van der Waals surface area (Å²) in [5.74, 6) is 1.84. The number of aryl methyl sites for hydroxylation is 1. The molecule has 4 rings (SSSR count). The molecule has 3 aromatic rings. The summed E-state index contributed by atoms with van der Waals surface area (Å²) in [7, 11) is 4.81. The second-order valence-electron chi connectivity index (χ2n) is 8.72. The van der Waals surface area contributed by atoms with Crippen LogP contribution in [0.25, 0.3) is 0 Å². The van der Waals surface area contributed by atoms with Gasteiger partial charge in [-0.15, -0.1) is 0 Å². The van der Waals surface area contributed by atoms with Crippen LogP contribution in [0.4, 0.5) is 5.69 Å². The predicted molar refractivity (Wildman–Crippen MR) is 135 cm³/mol. The highest BCUT2D eigenvalue weighted by Gasteiger charge is 2.61. The number of carbonyl (C=O) groups is 1. The zero-order valence-electron chi connectivity index (χ0n) is 20.4. The SMILES string of the molecule is CC[C@]1(CCCc2ccccc2)C(=O)N(c2c(OC)cc(OC)cc2OC)[C@@H]1c1ccccc1. The van der Waals surface area contributed by atoms with Gasteiger partial charge in [0.2, 0.25) is 5.91 Å². The van der Waals surface area contributed by atoms with Crippen molar-refractivity contribution in [1.82, 2.24) is 0 Å². The van der Waals surface area contributed by atoms with Gasteiger partial charge in [0, 0.05) is 12.1 Å². The van der Waals surface area contributed by atoms with Crippen molar-refractivity contribution in [1.29, 1.82) is 0 Å². The quantitative estimate of drug-likeness (QED) is 0.338. The number of ether oxygens (including phenoxy) is 3. The van der Waals surface area contributed by atoms with E-state index in [0.29, 0.717) is 22.9 Å². The lowest BCUT2D eigenvalue weighted by Crippen LogP contribution is -2.63. The van der Waals surface area contributed by atoms with Gasteiger partial charge >= 0.3 is 0 Å². The standard InChI is InChI=1S/C29H33NO4/c1-5-29(18-12-15-21-13-8-6-9-14-21)27(22-16-10-7-11-17-22)30(28(29)31)26-24(33-3)19-23(32-2)20-25(26)34-4/h6-11,13-14,16-17,19-20,27H,5,12,15,18H2,1-4H3/t27-,29-/m1/s1. The lowest BCUT2D eigenvalue weighted by molar-refractivity contribution is -0.141. The van der Waals surface area contributed by atoms with Gasteiger partial charge in [-0.2, -0.15) is 0 Å². The van der Waals surface area contributed by atoms with Gasteiger partial charge in [0.15, 0.2) is 0 Å². The molecule has 1 amide bonds. The summed E-state index contributed by atoms with van der Waals surface area (Å²) in [5, 5.41) is 0. The molecule has 1 heterocycles. The van der Waals surface area contributed by atoms with Crippen LogP contribution in [0.5, 0.6) is 17.2 Å². The maximum atomic E-state index is 14.0. The molecule has 0 aliphatic carbocycles. The Morgan fingerprint density at radius 2 is 1.44 bits per heavy atom. The van der Waals surface area contributed by atoms with E-state index in [1.54, 1.807) is 33.5 Å². The Morgan fingerprint density at radius 1 is 0.853 bits per heavy atom. The number of β-lactam (4-membered cyclic amide) rings is 1. The summed E-state index contributed by atoms with van der Waals surface area (Å²) < 4.78 is 16.8. The molecule has 5 nitrogen and oxygen atoms in total. The Hall–Kier alpha value is -3.47. The molecule has 1 saturated heterocycles. The van der Waals surface area contributed by atoms with E-state index in [4.69, 9.17) is 14.2 Å². The third kappa shape index (κ3) is 4.11. The van der Waals surface area contributed by atoms with Gasteiger partial charge in [0.05, 0.1) is 32.8 Å². The van der Waals surface area contributed by atoms with Crippen molar-refractivity contribution >= 4 is 11.6 Å². The van der Waals surface area contributed by atoms with Crippen LogP contribution in [-0.4, -0.2) is 27.2 Å². The minimum Gasteiger partial charge on any atom is -0.496 e. The topological polar surface area (TPSA) is 48.0 Å². The van der Waals surface area contributed by atoms with Crippen LogP contribution in [0.15, 0.2) is 72.8 Å². The van der Waals surface area contributed by atoms with Gasteiger partial charge in [0.25, 0.3) is 0 Å². The molecule has 0 aromatic heterocycles. The normalized spacial score (nSPS) is 19.5. The molecule has 2 atom stereocenters. The third-order valence-corrected chi connectivity index (χ3v) is 7.03. The number of amides is 1. The molecule has 1 aliphatic heterocycles. The number of rotatable bonds is 10. The molecule has 0 radical (unpaired) electrons. The second-order valence-corrected chi connectivity index (χ2v) is 8.72. The zero-order chi connectivity index (χ0) is 24.1. The maximum Gasteiger partial charge on any atom is 0.236 e. The smallest absolute Gasteiger partial charge is 0.236 e. The van der Waals surface area contributed by atoms with E-state index in [1.165, 1.54) is 5.56 Å². The van der Waals surface area contributed by atoms with Crippen LogP contribution in [0.2, 0.25) is 0 Å². The van der Waals surface area contributed by atoms with E-state index in [2.05, 4.69) is 43.3 Å². The molecule has 34 heavy (non-hydrogen) atoms. The van der Waals surface area contributed by atoms with Crippen molar-refractivity contribution in [3.05, 3.63) is 83.9 Å². The average molecular weight is 460 g/mol. The Morgan fingerprint density at radius 3 is 1.97 bits per heavy atom. The monoisotopic (exact) mass is 459 g/mol. The van der Waals surface area contributed by atoms with Crippen LogP contribution < -0.4 is 19.1 Å². The molecular weight excluding hydrogens is 426 g/mol. The minimum atomic E-state index is -0.480. The van der Waals surface area contributed by atoms with Gasteiger partial charge in [-0.05, 0) is 36.8 Å². The zero-order valence-corrected chi connectivity index (χ0v) is 20.4. The van der Waals surface area contributed by atoms with Crippen LogP contribution in [0.1, 0.15) is 43.4 Å². The van der Waals surface area contributed by atoms with E-state index >= 15 is 0 Å². The number of methoxy groups -OCH3 is 3. The fraction of sp³-hybridized carbons (Fsp3) is 0.345. The molecule has 3 aromatic carbocycles. The fourth-order valence-corrected chi connectivity index (χ4v) is 5.23. The summed E-state index contributed by atoms with van der Waals surface area (Å²) >= 11 is 0. The highest BCUT2D eigenvalue weighted by Crippen LogP contribution is 2.60. The molecule has 0 saturated carbocycles. The molecule has 1 aliphatic rings. The Kier molecular flexibility index (Phi) is 7.11. The molecule has 5 heteroatoms. The first-order chi connectivity index (χ1) is 16.6. The van der Waals surface area contributed by atoms with Crippen LogP contribution in [0.3, 0.4) is 0 Å². The van der Waals surface area contributed by atoms with Crippen molar-refractivity contribution < 1.29 is 19.0 Å². The van der Waals surface area contributed by atoms with Gasteiger partial charge < -0.3 is 14.2 Å². The summed E-state index contributed by atoms with van der Waals surface area (Å²) in [6, 6.07) is 24.2. The molecule has 178 valence electrons. The lowest BCUT2D eigenvalue weighted by atomic mass is 9.63. The van der Waals surface area contributed by atoms with Crippen molar-refractivity contribution in [2.24, 2.45) is 5.41 Å². The molecule has 1 fully saturated rings. The van der Waals surface area contributed by atoms with Crippen molar-refractivity contribution in [3.8, 4) is 17.2 Å². The molecule has 0 unspecified atom stereocenters. The van der Waals surface area contributed by atoms with Crippen LogP contribution in [-0.2, 0) is 11.2 Å². The lowest BCUT2D eigenvalue weighted by Gasteiger charge is -2.56. The number of hydrogen-bond acceptors (Lipinski definition) is 4. The summed E-state index contributed by atoms with van der Waals surface area (Å²) in [6.07, 6.45) is 3.47. The fourth-order valence-electron chi connectivity index (χ4n) is 5.23. The first kappa shape index (κ1) is 23.7. The number of hydrogen-bond donors (Lipinski definition) is 0. The van der Waals surface area contributed by atoms with E-state index in [9.17, 15) is 4.79 Å². The summed E-state index contributed by atoms with van der Waals surface area (Å²) in [4.78, 5) is 15.9. The van der Waals surface area contributed by atoms with Crippen molar-refractivity contribution in [3.63, 3.8) is 0 Å². The van der Waals surface area contributed by atoms with E-state index in [-0.39, 0.29) is 11.9 Å². The molecule has 0 N–H and O–H groups in total. The first-order valence-corrected chi connectivity index (χ1v) is 11.8. The van der Waals surface area contributed by atoms with Crippen molar-refractivity contribution in [2.45, 2.75) is 38.6 Å². The summed E-state index contributed by atoms with van der Waals surface area (Å²) in [6.45, 7) is 2.12. The van der Waals surface area contributed by atoms with Crippen LogP contribution >= 0.6 is 0 Å². The number of carbonyl (C=O) groups excluding carboxylic acids is 1.